The summed E-state index contributed by atoms with van der Waals surface area (Å²) in [5.74, 6) is -1.88. The summed E-state index contributed by atoms with van der Waals surface area (Å²) in [6.45, 7) is 0. The van der Waals surface area contributed by atoms with Gasteiger partial charge in [-0.25, -0.2) is 0 Å². The smallest absolute Gasteiger partial charge is 0.315 e. The topological polar surface area (TPSA) is 149 Å². The second-order valence-electron chi connectivity index (χ2n) is 4.73. The van der Waals surface area contributed by atoms with Crippen molar-refractivity contribution >= 4 is 28.9 Å². The first-order chi connectivity index (χ1) is 11.8. The van der Waals surface area contributed by atoms with E-state index in [2.05, 4.69) is 10.1 Å². The molecule has 12 heteroatoms. The number of rotatable bonds is 3. The van der Waals surface area contributed by atoms with Crippen LogP contribution in [0.2, 0.25) is 10.0 Å². The normalized spacial score (nSPS) is 10.8. The molecule has 0 unspecified atom stereocenters. The van der Waals surface area contributed by atoms with E-state index in [0.717, 1.165) is 24.5 Å². The zero-order chi connectivity index (χ0) is 18.3. The number of nitro groups is 1. The molecule has 2 N–H and O–H groups in total. The van der Waals surface area contributed by atoms with E-state index >= 15 is 0 Å². The number of phenols is 2. The third-order valence-electron chi connectivity index (χ3n) is 3.12. The average molecular weight is 385 g/mol. The van der Waals surface area contributed by atoms with Gasteiger partial charge in [0.25, 0.3) is 5.89 Å². The third-order valence-corrected chi connectivity index (χ3v) is 3.69. The Labute approximate surface area is 148 Å². The highest BCUT2D eigenvalue weighted by Gasteiger charge is 2.24. The van der Waals surface area contributed by atoms with E-state index < -0.39 is 22.1 Å². The lowest BCUT2D eigenvalue weighted by atomic mass is 10.1. The van der Waals surface area contributed by atoms with Crippen LogP contribution in [-0.2, 0) is 0 Å². The third kappa shape index (κ3) is 2.99. The van der Waals surface area contributed by atoms with Crippen molar-refractivity contribution in [2.24, 2.45) is 0 Å². The van der Waals surface area contributed by atoms with Gasteiger partial charge in [0.15, 0.2) is 18.1 Å². The molecule has 10 nitrogen and oxygen atoms in total. The largest absolute Gasteiger partial charge is 0.619 e. The summed E-state index contributed by atoms with van der Waals surface area (Å²) in [4.78, 5) is 14.0. The van der Waals surface area contributed by atoms with Crippen molar-refractivity contribution in [1.29, 1.82) is 0 Å². The van der Waals surface area contributed by atoms with Crippen molar-refractivity contribution in [3.8, 4) is 34.3 Å². The highest BCUT2D eigenvalue weighted by atomic mass is 35.5. The molecule has 25 heavy (non-hydrogen) atoms. The molecule has 0 aliphatic carbocycles. The van der Waals surface area contributed by atoms with E-state index in [1.165, 1.54) is 0 Å². The Morgan fingerprint density at radius 2 is 1.84 bits per heavy atom. The van der Waals surface area contributed by atoms with E-state index in [0.29, 0.717) is 4.73 Å². The molecule has 1 aromatic carbocycles. The van der Waals surface area contributed by atoms with Gasteiger partial charge < -0.3 is 19.9 Å². The Balaban J connectivity index is 2.11. The lowest BCUT2D eigenvalue weighted by molar-refractivity contribution is -0.605. The highest BCUT2D eigenvalue weighted by molar-refractivity contribution is 6.38. The van der Waals surface area contributed by atoms with E-state index in [9.17, 15) is 25.5 Å². The molecule has 0 bridgehead atoms. The monoisotopic (exact) mass is 384 g/mol. The Bertz CT molecular complexity index is 983. The standard InChI is InChI=1S/C13H6Cl2N4O6/c14-6-3-18(22)4-7(15)10(6)12-16-13(25-17-12)5-1-8(19(23)24)11(21)9(20)2-5/h1-4,20-21H. The molecule has 2 aromatic heterocycles. The van der Waals surface area contributed by atoms with Crippen LogP contribution in [0.4, 0.5) is 5.69 Å². The van der Waals surface area contributed by atoms with Crippen molar-refractivity contribution in [1.82, 2.24) is 10.1 Å². The number of halogens is 2. The fourth-order valence-electron chi connectivity index (χ4n) is 2.03. The van der Waals surface area contributed by atoms with Gasteiger partial charge >= 0.3 is 5.69 Å². The number of nitro benzene ring substituents is 1. The van der Waals surface area contributed by atoms with Crippen molar-refractivity contribution in [3.63, 3.8) is 0 Å². The fourth-order valence-corrected chi connectivity index (χ4v) is 2.64. The van der Waals surface area contributed by atoms with Gasteiger partial charge in [0, 0.05) is 6.07 Å². The number of aromatic hydroxyl groups is 2. The number of aromatic nitrogens is 3. The van der Waals surface area contributed by atoms with Crippen LogP contribution in [0.25, 0.3) is 22.8 Å². The Kier molecular flexibility index (Phi) is 4.07. The molecule has 3 aromatic rings. The number of phenolic OH excluding ortho intramolecular Hbond substituents is 2. The van der Waals surface area contributed by atoms with Gasteiger partial charge in [-0.3, -0.25) is 10.1 Å². The molecule has 0 aliphatic heterocycles. The lowest BCUT2D eigenvalue weighted by Crippen LogP contribution is -2.24. The summed E-state index contributed by atoms with van der Waals surface area (Å²) in [7, 11) is 0. The molecule has 0 aliphatic rings. The predicted molar refractivity (Wildman–Crippen MR) is 84.1 cm³/mol. The van der Waals surface area contributed by atoms with Crippen LogP contribution in [0.3, 0.4) is 0 Å². The van der Waals surface area contributed by atoms with Crippen molar-refractivity contribution in [2.75, 3.05) is 0 Å². The fraction of sp³-hybridized carbons (Fsp3) is 0. The highest BCUT2D eigenvalue weighted by Crippen LogP contribution is 2.40. The Hall–Kier alpha value is -3.11. The number of hydrogen-bond acceptors (Lipinski definition) is 8. The summed E-state index contributed by atoms with van der Waals surface area (Å²) < 4.78 is 5.40. The van der Waals surface area contributed by atoms with Crippen LogP contribution in [0, 0.1) is 15.3 Å². The van der Waals surface area contributed by atoms with Crippen LogP contribution in [0.15, 0.2) is 29.0 Å². The van der Waals surface area contributed by atoms with Crippen molar-refractivity contribution in [3.05, 3.63) is 49.9 Å². The summed E-state index contributed by atoms with van der Waals surface area (Å²) in [6, 6.07) is 1.96. The SMILES string of the molecule is O=[N+]([O-])c1cc(-c2nc(-c3c(Cl)c[n+]([O-])cc3Cl)no2)cc(O)c1O. The minimum absolute atomic E-state index is 0.0113. The molecule has 128 valence electrons. The zero-order valence-electron chi connectivity index (χ0n) is 11.9. The molecule has 0 amide bonds. The van der Waals surface area contributed by atoms with Gasteiger partial charge in [-0.2, -0.15) is 9.71 Å². The van der Waals surface area contributed by atoms with E-state index in [1.54, 1.807) is 0 Å². The quantitative estimate of drug-likeness (QED) is 0.230. The van der Waals surface area contributed by atoms with E-state index in [1.807, 2.05) is 0 Å². The number of nitrogens with zero attached hydrogens (tertiary/aromatic N) is 4. The second kappa shape index (κ2) is 6.07. The maximum absolute atomic E-state index is 11.3. The number of hydrogen-bond donors (Lipinski definition) is 2. The first-order valence-corrected chi connectivity index (χ1v) is 7.16. The van der Waals surface area contributed by atoms with Crippen molar-refractivity contribution in [2.45, 2.75) is 0 Å². The lowest BCUT2D eigenvalue weighted by Gasteiger charge is -2.02. The Morgan fingerprint density at radius 1 is 1.20 bits per heavy atom. The minimum Gasteiger partial charge on any atom is -0.619 e. The molecule has 2 heterocycles. The van der Waals surface area contributed by atoms with Gasteiger partial charge in [-0.15, -0.1) is 0 Å². The molecule has 3 rings (SSSR count). The summed E-state index contributed by atoms with van der Waals surface area (Å²) >= 11 is 11.9. The minimum atomic E-state index is -0.886. The number of benzene rings is 1. The maximum atomic E-state index is 11.3. The molecule has 0 spiro atoms. The number of pyridine rings is 1. The molecule has 0 fully saturated rings. The molecule has 0 saturated carbocycles. The average Bonchev–Trinajstić information content (AvgIpc) is 2.98. The van der Waals surface area contributed by atoms with Gasteiger partial charge in [0.1, 0.15) is 10.0 Å². The molecule has 0 saturated heterocycles. The first kappa shape index (κ1) is 16.7. The van der Waals surface area contributed by atoms with E-state index in [4.69, 9.17) is 27.7 Å². The predicted octanol–water partition coefficient (Wildman–Crippen LogP) is 2.66. The van der Waals surface area contributed by atoms with Crippen LogP contribution in [0.1, 0.15) is 0 Å². The van der Waals surface area contributed by atoms with E-state index in [-0.39, 0.29) is 32.9 Å². The van der Waals surface area contributed by atoms with Crippen LogP contribution < -0.4 is 4.73 Å². The first-order valence-electron chi connectivity index (χ1n) is 6.40. The maximum Gasteiger partial charge on any atom is 0.315 e. The van der Waals surface area contributed by atoms with Gasteiger partial charge in [0.2, 0.25) is 11.6 Å². The van der Waals surface area contributed by atoms with Gasteiger partial charge in [-0.1, -0.05) is 28.4 Å². The summed E-state index contributed by atoms with van der Waals surface area (Å²) in [6.07, 6.45) is 2.08. The summed E-state index contributed by atoms with van der Waals surface area (Å²) in [5.41, 5.74) is -0.622. The second-order valence-corrected chi connectivity index (χ2v) is 5.55. The van der Waals surface area contributed by atoms with Crippen LogP contribution >= 0.6 is 23.2 Å². The zero-order valence-corrected chi connectivity index (χ0v) is 13.4. The van der Waals surface area contributed by atoms with Crippen LogP contribution in [-0.4, -0.2) is 25.3 Å². The summed E-state index contributed by atoms with van der Waals surface area (Å²) in [5, 5.41) is 44.9. The van der Waals surface area contributed by atoms with Crippen LogP contribution in [0.5, 0.6) is 11.5 Å². The molecule has 0 radical (unpaired) electrons. The molecule has 0 atom stereocenters. The Morgan fingerprint density at radius 3 is 2.44 bits per heavy atom. The van der Waals surface area contributed by atoms with Crippen molar-refractivity contribution < 1.29 is 24.4 Å². The van der Waals surface area contributed by atoms with Gasteiger partial charge in [0.05, 0.1) is 16.1 Å². The van der Waals surface area contributed by atoms with Gasteiger partial charge in [-0.05, 0) is 6.07 Å². The molecular weight excluding hydrogens is 379 g/mol. The molecular formula is C13H6Cl2N4O6.